The minimum atomic E-state index is -0.245. The van der Waals surface area contributed by atoms with Crippen molar-refractivity contribution in [3.63, 3.8) is 0 Å². The predicted octanol–water partition coefficient (Wildman–Crippen LogP) is 2.31. The summed E-state index contributed by atoms with van der Waals surface area (Å²) in [5, 5.41) is 4.08. The second-order valence-corrected chi connectivity index (χ2v) is 5.68. The lowest BCUT2D eigenvalue weighted by Crippen LogP contribution is -2.58. The SMILES string of the molecule is CC1(OCc2nc3cc(F)ccc3s2)CNC1. The Kier molecular flexibility index (Phi) is 2.61. The zero-order valence-corrected chi connectivity index (χ0v) is 10.3. The van der Waals surface area contributed by atoms with Crippen LogP contribution >= 0.6 is 11.3 Å². The van der Waals surface area contributed by atoms with Crippen LogP contribution in [0.2, 0.25) is 0 Å². The van der Waals surface area contributed by atoms with E-state index in [2.05, 4.69) is 17.2 Å². The Morgan fingerprint density at radius 1 is 1.53 bits per heavy atom. The third-order valence-corrected chi connectivity index (χ3v) is 3.95. The molecule has 0 saturated carbocycles. The molecule has 1 aromatic carbocycles. The number of nitrogens with zero attached hydrogens (tertiary/aromatic N) is 1. The molecule has 2 aromatic rings. The molecule has 2 heterocycles. The number of aromatic nitrogens is 1. The molecule has 0 spiro atoms. The van der Waals surface area contributed by atoms with Gasteiger partial charge in [0.2, 0.25) is 0 Å². The Morgan fingerprint density at radius 2 is 2.35 bits per heavy atom. The topological polar surface area (TPSA) is 34.1 Å². The van der Waals surface area contributed by atoms with E-state index in [1.165, 1.54) is 12.1 Å². The molecule has 1 aliphatic rings. The van der Waals surface area contributed by atoms with E-state index in [4.69, 9.17) is 4.74 Å². The summed E-state index contributed by atoms with van der Waals surface area (Å²) < 4.78 is 19.8. The Hall–Kier alpha value is -1.04. The number of ether oxygens (including phenoxy) is 1. The van der Waals surface area contributed by atoms with Crippen molar-refractivity contribution in [2.24, 2.45) is 0 Å². The first kappa shape index (κ1) is 11.1. The maximum absolute atomic E-state index is 13.0. The van der Waals surface area contributed by atoms with Crippen molar-refractivity contribution in [2.45, 2.75) is 19.1 Å². The molecule has 5 heteroatoms. The fourth-order valence-corrected chi connectivity index (χ4v) is 2.69. The molecule has 1 fully saturated rings. The van der Waals surface area contributed by atoms with Crippen LogP contribution in [0.1, 0.15) is 11.9 Å². The van der Waals surface area contributed by atoms with E-state index in [1.807, 2.05) is 0 Å². The van der Waals surface area contributed by atoms with Gasteiger partial charge >= 0.3 is 0 Å². The first-order chi connectivity index (χ1) is 8.15. The summed E-state index contributed by atoms with van der Waals surface area (Å²) in [6.45, 7) is 4.34. The van der Waals surface area contributed by atoms with Crippen LogP contribution in [-0.4, -0.2) is 23.7 Å². The number of thiazole rings is 1. The third-order valence-electron chi connectivity index (χ3n) is 2.94. The molecule has 0 amide bonds. The second-order valence-electron chi connectivity index (χ2n) is 4.56. The van der Waals surface area contributed by atoms with Gasteiger partial charge in [-0.05, 0) is 19.1 Å². The van der Waals surface area contributed by atoms with Gasteiger partial charge in [0.05, 0.1) is 22.4 Å². The van der Waals surface area contributed by atoms with Gasteiger partial charge in [-0.15, -0.1) is 11.3 Å². The summed E-state index contributed by atoms with van der Waals surface area (Å²) >= 11 is 1.56. The minimum absolute atomic E-state index is 0.0664. The summed E-state index contributed by atoms with van der Waals surface area (Å²) in [5.41, 5.74) is 0.647. The largest absolute Gasteiger partial charge is 0.365 e. The fourth-order valence-electron chi connectivity index (χ4n) is 1.83. The minimum Gasteiger partial charge on any atom is -0.365 e. The number of halogens is 1. The van der Waals surface area contributed by atoms with Gasteiger partial charge in [0.25, 0.3) is 0 Å². The lowest BCUT2D eigenvalue weighted by molar-refractivity contribution is -0.0767. The molecule has 90 valence electrons. The molecule has 1 N–H and O–H groups in total. The summed E-state index contributed by atoms with van der Waals surface area (Å²) in [5.74, 6) is -0.245. The number of fused-ring (bicyclic) bond motifs is 1. The Balaban J connectivity index is 1.76. The van der Waals surface area contributed by atoms with Crippen molar-refractivity contribution < 1.29 is 9.13 Å². The molecular weight excluding hydrogens is 239 g/mol. The van der Waals surface area contributed by atoms with E-state index in [1.54, 1.807) is 17.4 Å². The molecule has 0 unspecified atom stereocenters. The molecule has 0 bridgehead atoms. The lowest BCUT2D eigenvalue weighted by Gasteiger charge is -2.38. The third kappa shape index (κ3) is 2.18. The summed E-state index contributed by atoms with van der Waals surface area (Å²) in [4.78, 5) is 4.37. The van der Waals surface area contributed by atoms with Gasteiger partial charge < -0.3 is 10.1 Å². The van der Waals surface area contributed by atoms with Crippen LogP contribution in [0.15, 0.2) is 18.2 Å². The van der Waals surface area contributed by atoms with Gasteiger partial charge in [0.15, 0.2) is 0 Å². The van der Waals surface area contributed by atoms with Gasteiger partial charge in [-0.25, -0.2) is 9.37 Å². The molecule has 1 aliphatic heterocycles. The predicted molar refractivity (Wildman–Crippen MR) is 65.6 cm³/mol. The van der Waals surface area contributed by atoms with Crippen molar-refractivity contribution in [1.29, 1.82) is 0 Å². The van der Waals surface area contributed by atoms with Gasteiger partial charge in [-0.3, -0.25) is 0 Å². The van der Waals surface area contributed by atoms with Gasteiger partial charge in [0.1, 0.15) is 10.8 Å². The molecule has 1 saturated heterocycles. The number of hydrogen-bond acceptors (Lipinski definition) is 4. The van der Waals surface area contributed by atoms with Crippen LogP contribution in [0.3, 0.4) is 0 Å². The maximum atomic E-state index is 13.0. The lowest BCUT2D eigenvalue weighted by atomic mass is 10.0. The molecule has 17 heavy (non-hydrogen) atoms. The summed E-state index contributed by atoms with van der Waals surface area (Å²) in [7, 11) is 0. The first-order valence-electron chi connectivity index (χ1n) is 5.54. The summed E-state index contributed by atoms with van der Waals surface area (Å²) in [6.07, 6.45) is 0. The highest BCUT2D eigenvalue weighted by molar-refractivity contribution is 7.18. The van der Waals surface area contributed by atoms with Gasteiger partial charge in [-0.1, -0.05) is 0 Å². The highest BCUT2D eigenvalue weighted by Gasteiger charge is 2.32. The fraction of sp³-hybridized carbons (Fsp3) is 0.417. The first-order valence-corrected chi connectivity index (χ1v) is 6.36. The number of hydrogen-bond donors (Lipinski definition) is 1. The quantitative estimate of drug-likeness (QED) is 0.910. The second kappa shape index (κ2) is 4.01. The summed E-state index contributed by atoms with van der Waals surface area (Å²) in [6, 6.07) is 4.68. The molecule has 0 radical (unpaired) electrons. The van der Waals surface area contributed by atoms with Crippen molar-refractivity contribution in [1.82, 2.24) is 10.3 Å². The maximum Gasteiger partial charge on any atom is 0.125 e. The number of rotatable bonds is 3. The van der Waals surface area contributed by atoms with Crippen LogP contribution in [0.25, 0.3) is 10.2 Å². The normalized spacial score (nSPS) is 18.2. The van der Waals surface area contributed by atoms with Crippen LogP contribution in [-0.2, 0) is 11.3 Å². The van der Waals surface area contributed by atoms with Crippen molar-refractivity contribution in [3.05, 3.63) is 29.0 Å². The molecule has 3 nitrogen and oxygen atoms in total. The molecular formula is C12H13FN2OS. The van der Waals surface area contributed by atoms with E-state index in [-0.39, 0.29) is 11.4 Å². The standard InChI is InChI=1S/C12H13FN2OS/c1-12(6-14-7-12)16-5-11-15-9-4-8(13)2-3-10(9)17-11/h2-4,14H,5-7H2,1H3. The monoisotopic (exact) mass is 252 g/mol. The Morgan fingerprint density at radius 3 is 3.06 bits per heavy atom. The molecule has 3 rings (SSSR count). The molecule has 0 aliphatic carbocycles. The van der Waals surface area contributed by atoms with Gasteiger partial charge in [-0.2, -0.15) is 0 Å². The smallest absolute Gasteiger partial charge is 0.125 e. The van der Waals surface area contributed by atoms with E-state index < -0.39 is 0 Å². The molecule has 1 aromatic heterocycles. The van der Waals surface area contributed by atoms with E-state index >= 15 is 0 Å². The Labute approximate surface area is 103 Å². The van der Waals surface area contributed by atoms with E-state index in [0.29, 0.717) is 12.1 Å². The van der Waals surface area contributed by atoms with Crippen LogP contribution < -0.4 is 5.32 Å². The van der Waals surface area contributed by atoms with Crippen LogP contribution in [0.4, 0.5) is 4.39 Å². The average Bonchev–Trinajstić information content (AvgIpc) is 2.65. The zero-order chi connectivity index (χ0) is 11.9. The number of nitrogens with one attached hydrogen (secondary N) is 1. The van der Waals surface area contributed by atoms with Crippen molar-refractivity contribution in [2.75, 3.05) is 13.1 Å². The average molecular weight is 252 g/mol. The highest BCUT2D eigenvalue weighted by Crippen LogP contribution is 2.25. The number of benzene rings is 1. The van der Waals surface area contributed by atoms with Crippen molar-refractivity contribution >= 4 is 21.6 Å². The highest BCUT2D eigenvalue weighted by atomic mass is 32.1. The van der Waals surface area contributed by atoms with Gasteiger partial charge in [0, 0.05) is 19.2 Å². The zero-order valence-electron chi connectivity index (χ0n) is 9.50. The van der Waals surface area contributed by atoms with Crippen LogP contribution in [0, 0.1) is 5.82 Å². The van der Waals surface area contributed by atoms with Crippen molar-refractivity contribution in [3.8, 4) is 0 Å². The van der Waals surface area contributed by atoms with E-state index in [9.17, 15) is 4.39 Å². The molecule has 0 atom stereocenters. The van der Waals surface area contributed by atoms with Crippen LogP contribution in [0.5, 0.6) is 0 Å². The van der Waals surface area contributed by atoms with E-state index in [0.717, 1.165) is 22.8 Å². The Bertz CT molecular complexity index is 550.